The fourth-order valence-corrected chi connectivity index (χ4v) is 1.68. The highest BCUT2D eigenvalue weighted by Crippen LogP contribution is 2.20. The summed E-state index contributed by atoms with van der Waals surface area (Å²) in [5.74, 6) is 0. The molecule has 0 aliphatic carbocycles. The van der Waals surface area contributed by atoms with Crippen LogP contribution >= 0.6 is 38.5 Å². The molecule has 0 spiro atoms. The number of halogens is 2. The Morgan fingerprint density at radius 2 is 2.36 bits per heavy atom. The van der Waals surface area contributed by atoms with Crippen molar-refractivity contribution in [2.24, 2.45) is 0 Å². The summed E-state index contributed by atoms with van der Waals surface area (Å²) in [6.45, 7) is 0. The zero-order valence-electron chi connectivity index (χ0n) is 5.31. The molecule has 0 bridgehead atoms. The lowest BCUT2D eigenvalue weighted by Gasteiger charge is -1.88. The summed E-state index contributed by atoms with van der Waals surface area (Å²) in [7, 11) is 0. The Kier molecular flexibility index (Phi) is 1.84. The van der Waals surface area contributed by atoms with Gasteiger partial charge < -0.3 is 0 Å². The molecule has 3 nitrogen and oxygen atoms in total. The second kappa shape index (κ2) is 2.71. The number of fused-ring (bicyclic) bond motifs is 1. The predicted octanol–water partition coefficient (Wildman–Crippen LogP) is 2.33. The number of rotatable bonds is 0. The molecule has 56 valence electrons. The minimum atomic E-state index is 0.747. The van der Waals surface area contributed by atoms with E-state index in [9.17, 15) is 0 Å². The summed E-state index contributed by atoms with van der Waals surface area (Å²) in [5, 5.41) is 7.80. The van der Waals surface area contributed by atoms with Crippen LogP contribution in [0.4, 0.5) is 0 Å². The molecule has 0 amide bonds. The van der Waals surface area contributed by atoms with E-state index in [2.05, 4.69) is 53.7 Å². The maximum absolute atomic E-state index is 4.12. The lowest BCUT2D eigenvalue weighted by Crippen LogP contribution is -1.77. The highest BCUT2D eigenvalue weighted by atomic mass is 127. The third-order valence-electron chi connectivity index (χ3n) is 1.33. The Hall–Kier alpha value is -0.170. The van der Waals surface area contributed by atoms with Gasteiger partial charge in [0.2, 0.25) is 0 Å². The number of H-pyrrole nitrogens is 1. The van der Waals surface area contributed by atoms with Crippen molar-refractivity contribution < 1.29 is 0 Å². The molecule has 0 aromatic carbocycles. The molecule has 0 saturated heterocycles. The Balaban J connectivity index is 2.87. The first-order valence-electron chi connectivity index (χ1n) is 2.92. The first-order valence-corrected chi connectivity index (χ1v) is 4.79. The minimum Gasteiger partial charge on any atom is -0.269 e. The summed E-state index contributed by atoms with van der Waals surface area (Å²) < 4.78 is 2.00. The van der Waals surface area contributed by atoms with E-state index in [-0.39, 0.29) is 0 Å². The standard InChI is InChI=1S/C6H3BrIN3/c7-5-4-1-3(8)2-9-6(4)11-10-5/h1-2H,(H,9,10,11). The van der Waals surface area contributed by atoms with Crippen LogP contribution in [0.5, 0.6) is 0 Å². The highest BCUT2D eigenvalue weighted by Gasteiger charge is 2.02. The van der Waals surface area contributed by atoms with E-state index < -0.39 is 0 Å². The number of hydrogen-bond acceptors (Lipinski definition) is 2. The SMILES string of the molecule is Brc1[nH]nc2ncc(I)cc12. The molecule has 0 atom stereocenters. The Morgan fingerprint density at radius 1 is 1.55 bits per heavy atom. The first kappa shape index (κ1) is 7.48. The third kappa shape index (κ3) is 1.26. The molecule has 11 heavy (non-hydrogen) atoms. The van der Waals surface area contributed by atoms with Gasteiger partial charge in [0.25, 0.3) is 0 Å². The van der Waals surface area contributed by atoms with Crippen LogP contribution in [0.1, 0.15) is 0 Å². The van der Waals surface area contributed by atoms with E-state index in [0.717, 1.165) is 19.2 Å². The molecule has 1 N–H and O–H groups in total. The van der Waals surface area contributed by atoms with E-state index in [1.54, 1.807) is 6.20 Å². The quantitative estimate of drug-likeness (QED) is 0.756. The Morgan fingerprint density at radius 3 is 3.18 bits per heavy atom. The van der Waals surface area contributed by atoms with Crippen molar-refractivity contribution >= 4 is 49.6 Å². The highest BCUT2D eigenvalue weighted by molar-refractivity contribution is 14.1. The summed E-state index contributed by atoms with van der Waals surface area (Å²) >= 11 is 5.56. The average Bonchev–Trinajstić information content (AvgIpc) is 2.33. The molecule has 2 rings (SSSR count). The molecular weight excluding hydrogens is 321 g/mol. The monoisotopic (exact) mass is 323 g/mol. The van der Waals surface area contributed by atoms with Crippen LogP contribution in [0.15, 0.2) is 16.9 Å². The van der Waals surface area contributed by atoms with Crippen LogP contribution in [0.3, 0.4) is 0 Å². The van der Waals surface area contributed by atoms with E-state index in [1.807, 2.05) is 6.07 Å². The van der Waals surface area contributed by atoms with Gasteiger partial charge in [-0.15, -0.1) is 0 Å². The number of aromatic nitrogens is 3. The van der Waals surface area contributed by atoms with Crippen molar-refractivity contribution in [1.29, 1.82) is 0 Å². The molecule has 0 radical (unpaired) electrons. The van der Waals surface area contributed by atoms with Gasteiger partial charge in [-0.05, 0) is 44.6 Å². The van der Waals surface area contributed by atoms with E-state index in [0.29, 0.717) is 0 Å². The minimum absolute atomic E-state index is 0.747. The van der Waals surface area contributed by atoms with Gasteiger partial charge in [0.1, 0.15) is 4.60 Å². The lowest BCUT2D eigenvalue weighted by atomic mass is 10.4. The molecule has 0 fully saturated rings. The van der Waals surface area contributed by atoms with Crippen LogP contribution < -0.4 is 0 Å². The van der Waals surface area contributed by atoms with E-state index in [1.165, 1.54) is 0 Å². The third-order valence-corrected chi connectivity index (χ3v) is 2.52. The number of aromatic amines is 1. The van der Waals surface area contributed by atoms with Gasteiger partial charge in [0, 0.05) is 9.77 Å². The van der Waals surface area contributed by atoms with Crippen molar-refractivity contribution in [3.63, 3.8) is 0 Å². The van der Waals surface area contributed by atoms with Crippen molar-refractivity contribution in [2.45, 2.75) is 0 Å². The molecule has 2 heterocycles. The predicted molar refractivity (Wildman–Crippen MR) is 54.3 cm³/mol. The summed E-state index contributed by atoms with van der Waals surface area (Å²) in [5.41, 5.74) is 0.747. The van der Waals surface area contributed by atoms with Crippen LogP contribution in [-0.2, 0) is 0 Å². The zero-order chi connectivity index (χ0) is 7.84. The van der Waals surface area contributed by atoms with Crippen LogP contribution in [-0.4, -0.2) is 15.2 Å². The normalized spacial score (nSPS) is 10.7. The lowest BCUT2D eigenvalue weighted by molar-refractivity contribution is 1.08. The summed E-state index contributed by atoms with van der Waals surface area (Å²) in [6.07, 6.45) is 1.79. The molecular formula is C6H3BrIN3. The number of nitrogens with one attached hydrogen (secondary N) is 1. The van der Waals surface area contributed by atoms with E-state index in [4.69, 9.17) is 0 Å². The van der Waals surface area contributed by atoms with Gasteiger partial charge in [-0.2, -0.15) is 5.10 Å². The van der Waals surface area contributed by atoms with Gasteiger partial charge in [0.05, 0.1) is 5.39 Å². The topological polar surface area (TPSA) is 41.6 Å². The molecule has 2 aromatic heterocycles. The molecule has 0 aliphatic heterocycles. The molecule has 0 aliphatic rings. The van der Waals surface area contributed by atoms with Gasteiger partial charge in [-0.3, -0.25) is 5.10 Å². The Bertz CT molecular complexity index is 398. The van der Waals surface area contributed by atoms with Gasteiger partial charge in [-0.25, -0.2) is 4.98 Å². The van der Waals surface area contributed by atoms with Crippen LogP contribution in [0.2, 0.25) is 0 Å². The average molecular weight is 324 g/mol. The number of pyridine rings is 1. The first-order chi connectivity index (χ1) is 5.27. The molecule has 0 saturated carbocycles. The van der Waals surface area contributed by atoms with Crippen molar-refractivity contribution in [1.82, 2.24) is 15.2 Å². The van der Waals surface area contributed by atoms with Crippen molar-refractivity contribution in [2.75, 3.05) is 0 Å². The zero-order valence-corrected chi connectivity index (χ0v) is 9.05. The van der Waals surface area contributed by atoms with Gasteiger partial charge in [-0.1, -0.05) is 0 Å². The second-order valence-corrected chi connectivity index (χ2v) is 4.10. The molecule has 5 heteroatoms. The van der Waals surface area contributed by atoms with E-state index >= 15 is 0 Å². The summed E-state index contributed by atoms with van der Waals surface area (Å²) in [4.78, 5) is 4.12. The van der Waals surface area contributed by atoms with Crippen LogP contribution in [0.25, 0.3) is 11.0 Å². The number of nitrogens with zero attached hydrogens (tertiary/aromatic N) is 2. The Labute approximate surface area is 84.9 Å². The maximum atomic E-state index is 4.12. The fourth-order valence-electron chi connectivity index (χ4n) is 0.845. The second-order valence-electron chi connectivity index (χ2n) is 2.06. The van der Waals surface area contributed by atoms with Crippen molar-refractivity contribution in [3.8, 4) is 0 Å². The largest absolute Gasteiger partial charge is 0.269 e. The fraction of sp³-hybridized carbons (Fsp3) is 0. The molecule has 0 unspecified atom stereocenters. The number of hydrogen-bond donors (Lipinski definition) is 1. The summed E-state index contributed by atoms with van der Waals surface area (Å²) in [6, 6.07) is 2.02. The maximum Gasteiger partial charge on any atom is 0.182 e. The smallest absolute Gasteiger partial charge is 0.182 e. The van der Waals surface area contributed by atoms with Gasteiger partial charge in [0.15, 0.2) is 5.65 Å². The van der Waals surface area contributed by atoms with Crippen LogP contribution in [0, 0.1) is 3.57 Å². The molecule has 2 aromatic rings. The van der Waals surface area contributed by atoms with Crippen molar-refractivity contribution in [3.05, 3.63) is 20.4 Å². The van der Waals surface area contributed by atoms with Gasteiger partial charge >= 0.3 is 0 Å².